The topological polar surface area (TPSA) is 108 Å². The van der Waals surface area contributed by atoms with Crippen LogP contribution < -0.4 is 20.9 Å². The van der Waals surface area contributed by atoms with Crippen molar-refractivity contribution in [3.8, 4) is 11.5 Å². The van der Waals surface area contributed by atoms with Crippen LogP contribution in [0.25, 0.3) is 0 Å². The second-order valence-electron chi connectivity index (χ2n) is 4.30. The molecule has 1 aromatic rings. The maximum absolute atomic E-state index is 10.8. The van der Waals surface area contributed by atoms with Crippen LogP contribution in [0, 0.1) is 6.92 Å². The van der Waals surface area contributed by atoms with E-state index in [1.54, 1.807) is 19.2 Å². The Balaban J connectivity index is 3.06. The normalized spacial score (nSPS) is 13.7. The average Bonchev–Trinajstić information content (AvgIpc) is 2.37. The first-order valence-corrected chi connectivity index (χ1v) is 5.87. The summed E-state index contributed by atoms with van der Waals surface area (Å²) in [6, 6.07) is 2.04. The predicted molar refractivity (Wildman–Crippen MR) is 71.4 cm³/mol. The molecule has 0 saturated carbocycles. The lowest BCUT2D eigenvalue weighted by molar-refractivity contribution is -0.138. The van der Waals surface area contributed by atoms with Gasteiger partial charge in [-0.1, -0.05) is 6.07 Å². The summed E-state index contributed by atoms with van der Waals surface area (Å²) < 4.78 is 10.5. The van der Waals surface area contributed by atoms with E-state index in [-0.39, 0.29) is 6.42 Å². The van der Waals surface area contributed by atoms with Gasteiger partial charge in [0.2, 0.25) is 0 Å². The molecule has 0 aliphatic carbocycles. The Bertz CT molecular complexity index is 462. The molecule has 0 heterocycles. The lowest BCUT2D eigenvalue weighted by atomic mass is 9.97. The Morgan fingerprint density at radius 1 is 1.32 bits per heavy atom. The van der Waals surface area contributed by atoms with Crippen LogP contribution in [0.4, 0.5) is 0 Å². The van der Waals surface area contributed by atoms with Gasteiger partial charge in [0.1, 0.15) is 17.5 Å². The molecule has 106 valence electrons. The van der Waals surface area contributed by atoms with Crippen LogP contribution in [0.2, 0.25) is 0 Å². The molecule has 0 bridgehead atoms. The fourth-order valence-electron chi connectivity index (χ4n) is 1.98. The van der Waals surface area contributed by atoms with Crippen LogP contribution in [-0.2, 0) is 4.79 Å². The molecule has 2 unspecified atom stereocenters. The molecule has 6 heteroatoms. The van der Waals surface area contributed by atoms with Gasteiger partial charge < -0.3 is 26.0 Å². The van der Waals surface area contributed by atoms with E-state index in [9.17, 15) is 4.79 Å². The third-order valence-corrected chi connectivity index (χ3v) is 3.04. The van der Waals surface area contributed by atoms with Crippen molar-refractivity contribution >= 4 is 5.97 Å². The maximum Gasteiger partial charge on any atom is 0.320 e. The Kier molecular flexibility index (Phi) is 5.14. The molecule has 0 amide bonds. The van der Waals surface area contributed by atoms with Gasteiger partial charge in [-0.15, -0.1) is 0 Å². The molecule has 19 heavy (non-hydrogen) atoms. The number of carboxylic acid groups (broad SMARTS) is 1. The molecular formula is C13H20N2O4. The summed E-state index contributed by atoms with van der Waals surface area (Å²) in [5, 5.41) is 8.81. The van der Waals surface area contributed by atoms with Crippen LogP contribution >= 0.6 is 0 Å². The van der Waals surface area contributed by atoms with Crippen molar-refractivity contribution in [3.63, 3.8) is 0 Å². The summed E-state index contributed by atoms with van der Waals surface area (Å²) in [7, 11) is 3.11. The van der Waals surface area contributed by atoms with Crippen molar-refractivity contribution in [2.75, 3.05) is 14.2 Å². The van der Waals surface area contributed by atoms with Gasteiger partial charge in [-0.3, -0.25) is 4.79 Å². The third kappa shape index (κ3) is 3.36. The molecule has 2 atom stereocenters. The Morgan fingerprint density at radius 3 is 2.42 bits per heavy atom. The lowest BCUT2D eigenvalue weighted by Gasteiger charge is -2.20. The first-order chi connectivity index (χ1) is 8.92. The fraction of sp³-hybridized carbons (Fsp3) is 0.462. The number of hydrogen-bond acceptors (Lipinski definition) is 5. The standard InChI is InChI=1S/C13H20N2O4/c1-7-11(18-2)5-4-8(12(7)19-3)9(14)6-10(15)13(16)17/h4-5,9-10H,6,14-15H2,1-3H3,(H,16,17). The second kappa shape index (κ2) is 6.40. The number of methoxy groups -OCH3 is 2. The van der Waals surface area contributed by atoms with Crippen molar-refractivity contribution in [3.05, 3.63) is 23.3 Å². The lowest BCUT2D eigenvalue weighted by Crippen LogP contribution is -2.33. The highest BCUT2D eigenvalue weighted by Gasteiger charge is 2.21. The van der Waals surface area contributed by atoms with E-state index < -0.39 is 18.1 Å². The number of ether oxygens (including phenoxy) is 2. The van der Waals surface area contributed by atoms with E-state index in [0.717, 1.165) is 11.1 Å². The van der Waals surface area contributed by atoms with E-state index in [1.807, 2.05) is 6.92 Å². The van der Waals surface area contributed by atoms with Crippen LogP contribution in [-0.4, -0.2) is 31.3 Å². The molecule has 0 saturated heterocycles. The zero-order valence-corrected chi connectivity index (χ0v) is 11.3. The van der Waals surface area contributed by atoms with Gasteiger partial charge in [0, 0.05) is 17.2 Å². The molecule has 0 radical (unpaired) electrons. The average molecular weight is 268 g/mol. The molecule has 0 spiro atoms. The first kappa shape index (κ1) is 15.3. The molecule has 6 nitrogen and oxygen atoms in total. The smallest absolute Gasteiger partial charge is 0.320 e. The molecular weight excluding hydrogens is 248 g/mol. The largest absolute Gasteiger partial charge is 0.496 e. The Hall–Kier alpha value is -1.79. The monoisotopic (exact) mass is 268 g/mol. The van der Waals surface area contributed by atoms with Crippen LogP contribution in [0.15, 0.2) is 12.1 Å². The number of nitrogens with two attached hydrogens (primary N) is 2. The van der Waals surface area contributed by atoms with Gasteiger partial charge in [0.15, 0.2) is 0 Å². The minimum Gasteiger partial charge on any atom is -0.496 e. The van der Waals surface area contributed by atoms with Gasteiger partial charge in [0.25, 0.3) is 0 Å². The van der Waals surface area contributed by atoms with Crippen LogP contribution in [0.3, 0.4) is 0 Å². The van der Waals surface area contributed by atoms with Gasteiger partial charge in [0.05, 0.1) is 14.2 Å². The Labute approximate surface area is 112 Å². The van der Waals surface area contributed by atoms with Crippen LogP contribution in [0.1, 0.15) is 23.6 Å². The quantitative estimate of drug-likeness (QED) is 0.704. The highest BCUT2D eigenvalue weighted by atomic mass is 16.5. The molecule has 0 fully saturated rings. The molecule has 1 aromatic carbocycles. The molecule has 1 rings (SSSR count). The number of aliphatic carboxylic acids is 1. The van der Waals surface area contributed by atoms with E-state index in [2.05, 4.69) is 0 Å². The van der Waals surface area contributed by atoms with E-state index in [4.69, 9.17) is 26.0 Å². The fourth-order valence-corrected chi connectivity index (χ4v) is 1.98. The predicted octanol–water partition coefficient (Wildman–Crippen LogP) is 0.814. The summed E-state index contributed by atoms with van der Waals surface area (Å²) in [6.45, 7) is 1.85. The van der Waals surface area contributed by atoms with Gasteiger partial charge in [-0.05, 0) is 19.4 Å². The maximum atomic E-state index is 10.8. The number of benzene rings is 1. The summed E-state index contributed by atoms with van der Waals surface area (Å²) in [5.41, 5.74) is 13.0. The molecule has 0 aliphatic heterocycles. The van der Waals surface area contributed by atoms with Crippen molar-refractivity contribution in [1.29, 1.82) is 0 Å². The number of carbonyl (C=O) groups is 1. The van der Waals surface area contributed by atoms with E-state index in [1.165, 1.54) is 7.11 Å². The SMILES string of the molecule is COc1ccc(C(N)CC(N)C(=O)O)c(OC)c1C. The van der Waals surface area contributed by atoms with Crippen molar-refractivity contribution in [2.45, 2.75) is 25.4 Å². The zero-order chi connectivity index (χ0) is 14.6. The number of carboxylic acids is 1. The first-order valence-electron chi connectivity index (χ1n) is 5.87. The summed E-state index contributed by atoms with van der Waals surface area (Å²) in [6.07, 6.45) is 0.136. The van der Waals surface area contributed by atoms with Crippen molar-refractivity contribution in [2.24, 2.45) is 11.5 Å². The number of hydrogen-bond donors (Lipinski definition) is 3. The van der Waals surface area contributed by atoms with Gasteiger partial charge >= 0.3 is 5.97 Å². The van der Waals surface area contributed by atoms with Gasteiger partial charge in [-0.2, -0.15) is 0 Å². The van der Waals surface area contributed by atoms with Crippen molar-refractivity contribution < 1.29 is 19.4 Å². The number of rotatable bonds is 6. The third-order valence-electron chi connectivity index (χ3n) is 3.04. The van der Waals surface area contributed by atoms with Crippen LogP contribution in [0.5, 0.6) is 11.5 Å². The highest BCUT2D eigenvalue weighted by molar-refractivity contribution is 5.73. The highest BCUT2D eigenvalue weighted by Crippen LogP contribution is 2.35. The summed E-state index contributed by atoms with van der Waals surface area (Å²) >= 11 is 0. The van der Waals surface area contributed by atoms with Gasteiger partial charge in [-0.25, -0.2) is 0 Å². The molecule has 0 aliphatic rings. The van der Waals surface area contributed by atoms with E-state index in [0.29, 0.717) is 11.5 Å². The zero-order valence-electron chi connectivity index (χ0n) is 11.3. The minimum atomic E-state index is -1.07. The minimum absolute atomic E-state index is 0.136. The Morgan fingerprint density at radius 2 is 1.95 bits per heavy atom. The summed E-state index contributed by atoms with van der Waals surface area (Å²) in [5.74, 6) is 0.222. The second-order valence-corrected chi connectivity index (χ2v) is 4.30. The molecule has 0 aromatic heterocycles. The summed E-state index contributed by atoms with van der Waals surface area (Å²) in [4.78, 5) is 10.8. The van der Waals surface area contributed by atoms with E-state index >= 15 is 0 Å². The van der Waals surface area contributed by atoms with Crippen molar-refractivity contribution in [1.82, 2.24) is 0 Å². The molecule has 5 N–H and O–H groups in total.